The number of rotatable bonds is 3. The normalized spacial score (nSPS) is 24.8. The van der Waals surface area contributed by atoms with E-state index in [1.807, 2.05) is 0 Å². The molecule has 0 radical (unpaired) electrons. The van der Waals surface area contributed by atoms with Crippen LogP contribution in [0.3, 0.4) is 0 Å². The van der Waals surface area contributed by atoms with E-state index in [4.69, 9.17) is 0 Å². The largest absolute Gasteiger partial charge is 0.401 e. The lowest BCUT2D eigenvalue weighted by Crippen LogP contribution is -2.38. The van der Waals surface area contributed by atoms with Gasteiger partial charge in [-0.1, -0.05) is 0 Å². The fourth-order valence-corrected chi connectivity index (χ4v) is 1.32. The lowest BCUT2D eigenvalue weighted by Gasteiger charge is -2.12. The topological polar surface area (TPSA) is 24.1 Å². The van der Waals surface area contributed by atoms with Crippen LogP contribution in [-0.4, -0.2) is 31.9 Å². The van der Waals surface area contributed by atoms with Crippen LogP contribution in [0.5, 0.6) is 0 Å². The molecule has 1 atom stereocenters. The third kappa shape index (κ3) is 3.92. The summed E-state index contributed by atoms with van der Waals surface area (Å²) in [6.07, 6.45) is -2.04. The van der Waals surface area contributed by atoms with Gasteiger partial charge in [0.05, 0.1) is 6.54 Å². The van der Waals surface area contributed by atoms with Crippen LogP contribution in [0.1, 0.15) is 12.8 Å². The molecule has 0 saturated carbocycles. The Balaban J connectivity index is 2.02. The van der Waals surface area contributed by atoms with Gasteiger partial charge in [-0.15, -0.1) is 0 Å². The molecule has 0 unspecified atom stereocenters. The SMILES string of the molecule is FC(F)(F)CNC[C@@H]1CCCN1. The van der Waals surface area contributed by atoms with Crippen LogP contribution in [0.25, 0.3) is 0 Å². The van der Waals surface area contributed by atoms with E-state index in [1.54, 1.807) is 0 Å². The molecule has 0 aromatic carbocycles. The second kappa shape index (κ2) is 4.09. The molecule has 1 rings (SSSR count). The van der Waals surface area contributed by atoms with Crippen LogP contribution in [0, 0.1) is 0 Å². The summed E-state index contributed by atoms with van der Waals surface area (Å²) in [6.45, 7) is 0.461. The summed E-state index contributed by atoms with van der Waals surface area (Å²) >= 11 is 0. The van der Waals surface area contributed by atoms with Crippen molar-refractivity contribution >= 4 is 0 Å². The number of alkyl halides is 3. The first-order chi connectivity index (χ1) is 5.58. The fourth-order valence-electron chi connectivity index (χ4n) is 1.32. The van der Waals surface area contributed by atoms with Crippen LogP contribution in [0.2, 0.25) is 0 Å². The average Bonchev–Trinajstić information content (AvgIpc) is 2.36. The van der Waals surface area contributed by atoms with Crippen molar-refractivity contribution in [1.82, 2.24) is 10.6 Å². The summed E-state index contributed by atoms with van der Waals surface area (Å²) in [4.78, 5) is 0. The average molecular weight is 182 g/mol. The van der Waals surface area contributed by atoms with Crippen molar-refractivity contribution < 1.29 is 13.2 Å². The molecule has 0 aliphatic carbocycles. The van der Waals surface area contributed by atoms with Crippen molar-refractivity contribution in [3.63, 3.8) is 0 Å². The van der Waals surface area contributed by atoms with Crippen molar-refractivity contribution in [3.8, 4) is 0 Å². The minimum absolute atomic E-state index is 0.229. The van der Waals surface area contributed by atoms with Crippen molar-refractivity contribution in [3.05, 3.63) is 0 Å². The van der Waals surface area contributed by atoms with Gasteiger partial charge in [0, 0.05) is 12.6 Å². The molecular weight excluding hydrogens is 169 g/mol. The first-order valence-electron chi connectivity index (χ1n) is 4.09. The molecular formula is C7H13F3N2. The van der Waals surface area contributed by atoms with Crippen LogP contribution in [0.4, 0.5) is 13.2 Å². The predicted molar refractivity (Wildman–Crippen MR) is 39.9 cm³/mol. The number of hydrogen-bond acceptors (Lipinski definition) is 2. The molecule has 0 amide bonds. The van der Waals surface area contributed by atoms with Gasteiger partial charge in [-0.25, -0.2) is 0 Å². The highest BCUT2D eigenvalue weighted by Crippen LogP contribution is 2.12. The van der Waals surface area contributed by atoms with E-state index in [0.717, 1.165) is 19.4 Å². The van der Waals surface area contributed by atoms with Gasteiger partial charge in [-0.2, -0.15) is 13.2 Å². The molecule has 0 bridgehead atoms. The molecule has 0 aromatic heterocycles. The second-order valence-electron chi connectivity index (χ2n) is 3.04. The molecule has 2 N–H and O–H groups in total. The maximum Gasteiger partial charge on any atom is 0.401 e. The van der Waals surface area contributed by atoms with E-state index in [2.05, 4.69) is 10.6 Å². The molecule has 72 valence electrons. The van der Waals surface area contributed by atoms with Gasteiger partial charge in [-0.3, -0.25) is 0 Å². The van der Waals surface area contributed by atoms with Gasteiger partial charge < -0.3 is 10.6 Å². The summed E-state index contributed by atoms with van der Waals surface area (Å²) in [5.41, 5.74) is 0. The summed E-state index contributed by atoms with van der Waals surface area (Å²) in [5.74, 6) is 0. The third-order valence-electron chi connectivity index (χ3n) is 1.88. The Bertz CT molecular complexity index is 129. The predicted octanol–water partition coefficient (Wildman–Crippen LogP) is 0.890. The van der Waals surface area contributed by atoms with Gasteiger partial charge >= 0.3 is 6.18 Å². The number of halogens is 3. The molecule has 1 aliphatic rings. The molecule has 1 aliphatic heterocycles. The lowest BCUT2D eigenvalue weighted by atomic mass is 10.2. The van der Waals surface area contributed by atoms with Crippen LogP contribution >= 0.6 is 0 Å². The maximum atomic E-state index is 11.6. The summed E-state index contributed by atoms with van der Waals surface area (Å²) < 4.78 is 34.9. The van der Waals surface area contributed by atoms with Crippen molar-refractivity contribution in [2.45, 2.75) is 25.1 Å². The lowest BCUT2D eigenvalue weighted by molar-refractivity contribution is -0.124. The molecule has 0 aromatic rings. The molecule has 0 spiro atoms. The monoisotopic (exact) mass is 182 g/mol. The van der Waals surface area contributed by atoms with Crippen molar-refractivity contribution in [2.24, 2.45) is 0 Å². The Kier molecular flexibility index (Phi) is 3.34. The highest BCUT2D eigenvalue weighted by molar-refractivity contribution is 4.76. The minimum Gasteiger partial charge on any atom is -0.313 e. The number of nitrogens with one attached hydrogen (secondary N) is 2. The van der Waals surface area contributed by atoms with E-state index >= 15 is 0 Å². The van der Waals surface area contributed by atoms with E-state index < -0.39 is 12.7 Å². The highest BCUT2D eigenvalue weighted by atomic mass is 19.4. The Morgan fingerprint density at radius 1 is 1.42 bits per heavy atom. The van der Waals surface area contributed by atoms with Crippen molar-refractivity contribution in [2.75, 3.05) is 19.6 Å². The Labute approximate surface area is 69.5 Å². The molecule has 12 heavy (non-hydrogen) atoms. The number of hydrogen-bond donors (Lipinski definition) is 2. The Hall–Kier alpha value is -0.290. The molecule has 1 saturated heterocycles. The van der Waals surface area contributed by atoms with Gasteiger partial charge in [0.15, 0.2) is 0 Å². The third-order valence-corrected chi connectivity index (χ3v) is 1.88. The standard InChI is InChI=1S/C7H13F3N2/c8-7(9,10)5-11-4-6-2-1-3-12-6/h6,11-12H,1-5H2/t6-/m0/s1. The zero-order valence-corrected chi connectivity index (χ0v) is 6.75. The molecule has 1 heterocycles. The van der Waals surface area contributed by atoms with Crippen LogP contribution in [0.15, 0.2) is 0 Å². The quantitative estimate of drug-likeness (QED) is 0.677. The maximum absolute atomic E-state index is 11.6. The van der Waals surface area contributed by atoms with Gasteiger partial charge in [0.2, 0.25) is 0 Å². The first-order valence-corrected chi connectivity index (χ1v) is 4.09. The van der Waals surface area contributed by atoms with Crippen molar-refractivity contribution in [1.29, 1.82) is 0 Å². The van der Waals surface area contributed by atoms with Gasteiger partial charge in [0.1, 0.15) is 0 Å². The molecule has 2 nitrogen and oxygen atoms in total. The van der Waals surface area contributed by atoms with E-state index in [0.29, 0.717) is 6.54 Å². The fraction of sp³-hybridized carbons (Fsp3) is 1.00. The van der Waals surface area contributed by atoms with Crippen LogP contribution in [-0.2, 0) is 0 Å². The van der Waals surface area contributed by atoms with Gasteiger partial charge in [-0.05, 0) is 19.4 Å². The zero-order chi connectivity index (χ0) is 9.03. The molecule has 1 fully saturated rings. The highest BCUT2D eigenvalue weighted by Gasteiger charge is 2.26. The Morgan fingerprint density at radius 3 is 2.67 bits per heavy atom. The van der Waals surface area contributed by atoms with Crippen LogP contribution < -0.4 is 10.6 Å². The Morgan fingerprint density at radius 2 is 2.17 bits per heavy atom. The first kappa shape index (κ1) is 9.80. The van der Waals surface area contributed by atoms with E-state index in [1.165, 1.54) is 0 Å². The van der Waals surface area contributed by atoms with Gasteiger partial charge in [0.25, 0.3) is 0 Å². The second-order valence-corrected chi connectivity index (χ2v) is 3.04. The zero-order valence-electron chi connectivity index (χ0n) is 6.75. The summed E-state index contributed by atoms with van der Waals surface area (Å²) in [5, 5.41) is 5.49. The van der Waals surface area contributed by atoms with E-state index in [-0.39, 0.29) is 6.04 Å². The summed E-state index contributed by atoms with van der Waals surface area (Å²) in [6, 6.07) is 0.229. The summed E-state index contributed by atoms with van der Waals surface area (Å²) in [7, 11) is 0. The smallest absolute Gasteiger partial charge is 0.313 e. The molecule has 5 heteroatoms. The van der Waals surface area contributed by atoms with E-state index in [9.17, 15) is 13.2 Å². The minimum atomic E-state index is -4.08.